The molecule has 5 nitrogen and oxygen atoms in total. The number of hydrogen-bond donors (Lipinski definition) is 1. The maximum absolute atomic E-state index is 12.4. The summed E-state index contributed by atoms with van der Waals surface area (Å²) in [7, 11) is 0. The quantitative estimate of drug-likeness (QED) is 0.297. The molecular formula is C28H28ClN3O2. The minimum atomic E-state index is -0.0575. The summed E-state index contributed by atoms with van der Waals surface area (Å²) in [6.45, 7) is 5.50. The number of hydrogen-bond acceptors (Lipinski definition) is 3. The number of halogens is 1. The number of imidazole rings is 1. The van der Waals surface area contributed by atoms with Gasteiger partial charge in [-0.3, -0.25) is 4.79 Å². The number of allylic oxidation sites excluding steroid dienone is 1. The number of para-hydroxylation sites is 3. The fourth-order valence-electron chi connectivity index (χ4n) is 3.97. The van der Waals surface area contributed by atoms with Gasteiger partial charge in [-0.2, -0.15) is 0 Å². The molecule has 0 saturated carbocycles. The van der Waals surface area contributed by atoms with Crippen molar-refractivity contribution in [3.05, 3.63) is 107 Å². The van der Waals surface area contributed by atoms with Crippen molar-refractivity contribution in [3.63, 3.8) is 0 Å². The lowest BCUT2D eigenvalue weighted by Gasteiger charge is -2.13. The fourth-order valence-corrected chi connectivity index (χ4v) is 4.17. The topological polar surface area (TPSA) is 56.1 Å². The van der Waals surface area contributed by atoms with E-state index in [0.717, 1.165) is 40.2 Å². The fraction of sp³-hybridized carbons (Fsp3) is 0.214. The van der Waals surface area contributed by atoms with Gasteiger partial charge in [-0.05, 0) is 41.8 Å². The first-order valence-electron chi connectivity index (χ1n) is 11.4. The second kappa shape index (κ2) is 11.5. The molecule has 3 aromatic carbocycles. The summed E-state index contributed by atoms with van der Waals surface area (Å²) in [4.78, 5) is 17.2. The maximum atomic E-state index is 12.4. The number of nitrogens with zero attached hydrogens (tertiary/aromatic N) is 2. The van der Waals surface area contributed by atoms with E-state index in [2.05, 4.69) is 28.6 Å². The van der Waals surface area contributed by atoms with E-state index >= 15 is 0 Å². The Morgan fingerprint density at radius 1 is 1.03 bits per heavy atom. The Morgan fingerprint density at radius 2 is 1.76 bits per heavy atom. The third kappa shape index (κ3) is 5.86. The Labute approximate surface area is 205 Å². The van der Waals surface area contributed by atoms with Gasteiger partial charge in [-0.15, -0.1) is 6.58 Å². The minimum absolute atomic E-state index is 0.0575. The number of benzene rings is 3. The number of rotatable bonds is 11. The van der Waals surface area contributed by atoms with Crippen molar-refractivity contribution < 1.29 is 9.53 Å². The van der Waals surface area contributed by atoms with Crippen LogP contribution in [0.5, 0.6) is 5.75 Å². The van der Waals surface area contributed by atoms with Crippen LogP contribution in [-0.4, -0.2) is 28.6 Å². The third-order valence-electron chi connectivity index (χ3n) is 5.62. The Kier molecular flexibility index (Phi) is 7.99. The van der Waals surface area contributed by atoms with Crippen molar-refractivity contribution in [2.75, 3.05) is 13.2 Å². The van der Waals surface area contributed by atoms with Gasteiger partial charge in [0.1, 0.15) is 18.2 Å². The van der Waals surface area contributed by atoms with Gasteiger partial charge in [-0.25, -0.2) is 4.98 Å². The summed E-state index contributed by atoms with van der Waals surface area (Å²) < 4.78 is 8.28. The van der Waals surface area contributed by atoms with Crippen LogP contribution in [0, 0.1) is 0 Å². The van der Waals surface area contributed by atoms with Crippen molar-refractivity contribution in [2.24, 2.45) is 0 Å². The molecule has 0 radical (unpaired) electrons. The average molecular weight is 474 g/mol. The molecule has 0 aliphatic carbocycles. The first kappa shape index (κ1) is 23.6. The molecule has 174 valence electrons. The number of nitrogens with one attached hydrogen (secondary N) is 1. The average Bonchev–Trinajstić information content (AvgIpc) is 3.19. The first-order valence-corrected chi connectivity index (χ1v) is 11.8. The largest absolute Gasteiger partial charge is 0.491 e. The van der Waals surface area contributed by atoms with Crippen LogP contribution in [0.25, 0.3) is 11.0 Å². The van der Waals surface area contributed by atoms with Gasteiger partial charge < -0.3 is 14.6 Å². The molecule has 4 aromatic rings. The summed E-state index contributed by atoms with van der Waals surface area (Å²) in [5.41, 5.74) is 3.94. The monoisotopic (exact) mass is 473 g/mol. The Bertz CT molecular complexity index is 1280. The molecule has 0 spiro atoms. The number of aromatic nitrogens is 2. The number of amides is 1. The zero-order valence-electron chi connectivity index (χ0n) is 19.0. The van der Waals surface area contributed by atoms with E-state index in [4.69, 9.17) is 21.3 Å². The second-order valence-corrected chi connectivity index (χ2v) is 8.39. The highest BCUT2D eigenvalue weighted by Gasteiger charge is 2.12. The molecule has 6 heteroatoms. The number of carbonyl (C=O) groups excluding carboxylic acids is 1. The molecule has 0 aliphatic rings. The molecule has 4 rings (SSSR count). The summed E-state index contributed by atoms with van der Waals surface area (Å²) in [5.74, 6) is 1.74. The molecule has 34 heavy (non-hydrogen) atoms. The van der Waals surface area contributed by atoms with Crippen molar-refractivity contribution in [3.8, 4) is 5.75 Å². The lowest BCUT2D eigenvalue weighted by Crippen LogP contribution is -2.28. The van der Waals surface area contributed by atoms with E-state index in [9.17, 15) is 4.79 Å². The summed E-state index contributed by atoms with van der Waals surface area (Å²) in [6.07, 6.45) is 3.52. The van der Waals surface area contributed by atoms with Gasteiger partial charge in [0.15, 0.2) is 0 Å². The maximum Gasteiger partial charge on any atom is 0.224 e. The van der Waals surface area contributed by atoms with E-state index in [1.165, 1.54) is 0 Å². The van der Waals surface area contributed by atoms with Crippen LogP contribution < -0.4 is 10.1 Å². The standard InChI is InChI=1S/C28H28ClN3O2/c1-2-9-21-10-4-8-15-26(21)34-19-18-32-25-14-7-6-13-24(25)31-27(32)16-17-30-28(33)20-22-11-3-5-12-23(22)29/h2-8,10-15H,1,9,16-20H2,(H,30,33). The molecular weight excluding hydrogens is 446 g/mol. The van der Waals surface area contributed by atoms with Crippen LogP contribution in [0.3, 0.4) is 0 Å². The summed E-state index contributed by atoms with van der Waals surface area (Å²) >= 11 is 6.17. The molecule has 1 N–H and O–H groups in total. The molecule has 0 atom stereocenters. The predicted octanol–water partition coefficient (Wildman–Crippen LogP) is 5.40. The Morgan fingerprint density at radius 3 is 2.59 bits per heavy atom. The van der Waals surface area contributed by atoms with E-state index in [-0.39, 0.29) is 12.3 Å². The lowest BCUT2D eigenvalue weighted by atomic mass is 10.1. The Hall–Kier alpha value is -3.57. The smallest absolute Gasteiger partial charge is 0.224 e. The van der Waals surface area contributed by atoms with Crippen LogP contribution in [0.2, 0.25) is 5.02 Å². The van der Waals surface area contributed by atoms with Crippen molar-refractivity contribution in [2.45, 2.75) is 25.8 Å². The molecule has 0 saturated heterocycles. The second-order valence-electron chi connectivity index (χ2n) is 7.99. The van der Waals surface area contributed by atoms with Crippen LogP contribution >= 0.6 is 11.6 Å². The highest BCUT2D eigenvalue weighted by molar-refractivity contribution is 6.31. The van der Waals surface area contributed by atoms with Crippen LogP contribution in [0.4, 0.5) is 0 Å². The van der Waals surface area contributed by atoms with Crippen molar-refractivity contribution >= 4 is 28.5 Å². The lowest BCUT2D eigenvalue weighted by molar-refractivity contribution is -0.120. The van der Waals surface area contributed by atoms with Crippen molar-refractivity contribution in [1.29, 1.82) is 0 Å². The summed E-state index contributed by atoms with van der Waals surface area (Å²) in [6, 6.07) is 23.5. The van der Waals surface area contributed by atoms with Gasteiger partial charge in [0, 0.05) is 18.0 Å². The van der Waals surface area contributed by atoms with Gasteiger partial charge >= 0.3 is 0 Å². The van der Waals surface area contributed by atoms with Gasteiger partial charge in [0.2, 0.25) is 5.91 Å². The van der Waals surface area contributed by atoms with E-state index < -0.39 is 0 Å². The number of carbonyl (C=O) groups is 1. The predicted molar refractivity (Wildman–Crippen MR) is 137 cm³/mol. The molecule has 0 fully saturated rings. The van der Waals surface area contributed by atoms with Crippen LogP contribution in [0.1, 0.15) is 17.0 Å². The van der Waals surface area contributed by atoms with E-state index in [1.807, 2.05) is 60.7 Å². The minimum Gasteiger partial charge on any atom is -0.491 e. The SMILES string of the molecule is C=CCc1ccccc1OCCn1c(CCNC(=O)Cc2ccccc2Cl)nc2ccccc21. The first-order chi connectivity index (χ1) is 16.7. The molecule has 1 heterocycles. The highest BCUT2D eigenvalue weighted by atomic mass is 35.5. The zero-order valence-corrected chi connectivity index (χ0v) is 19.8. The number of fused-ring (bicyclic) bond motifs is 1. The van der Waals surface area contributed by atoms with Gasteiger partial charge in [0.25, 0.3) is 0 Å². The molecule has 0 bridgehead atoms. The van der Waals surface area contributed by atoms with Crippen LogP contribution in [-0.2, 0) is 30.6 Å². The van der Waals surface area contributed by atoms with Gasteiger partial charge in [0.05, 0.1) is 24.0 Å². The van der Waals surface area contributed by atoms with Gasteiger partial charge in [-0.1, -0.05) is 66.2 Å². The molecule has 1 aromatic heterocycles. The number of ether oxygens (including phenoxy) is 1. The molecule has 1 amide bonds. The summed E-state index contributed by atoms with van der Waals surface area (Å²) in [5, 5.41) is 3.60. The van der Waals surface area contributed by atoms with E-state index in [1.54, 1.807) is 6.07 Å². The van der Waals surface area contributed by atoms with Crippen LogP contribution in [0.15, 0.2) is 85.5 Å². The zero-order chi connectivity index (χ0) is 23.8. The van der Waals surface area contributed by atoms with E-state index in [0.29, 0.717) is 31.1 Å². The normalized spacial score (nSPS) is 10.9. The molecule has 0 unspecified atom stereocenters. The Balaban J connectivity index is 1.39. The third-order valence-corrected chi connectivity index (χ3v) is 5.99. The van der Waals surface area contributed by atoms with Crippen molar-refractivity contribution in [1.82, 2.24) is 14.9 Å². The highest BCUT2D eigenvalue weighted by Crippen LogP contribution is 2.20. The molecule has 0 aliphatic heterocycles.